The van der Waals surface area contributed by atoms with Gasteiger partial charge in [-0.2, -0.15) is 0 Å². The minimum atomic E-state index is -0.797. The minimum Gasteiger partial charge on any atom is -0.468 e. The van der Waals surface area contributed by atoms with E-state index in [0.717, 1.165) is 0 Å². The highest BCUT2D eigenvalue weighted by molar-refractivity contribution is 5.73. The van der Waals surface area contributed by atoms with Gasteiger partial charge in [0.1, 0.15) is 0 Å². The summed E-state index contributed by atoms with van der Waals surface area (Å²) >= 11 is 0. The third-order valence-corrected chi connectivity index (χ3v) is 6.93. The van der Waals surface area contributed by atoms with Crippen molar-refractivity contribution in [3.63, 3.8) is 0 Å². The van der Waals surface area contributed by atoms with Gasteiger partial charge in [0.2, 0.25) is 0 Å². The van der Waals surface area contributed by atoms with Gasteiger partial charge in [-0.05, 0) is 0 Å². The van der Waals surface area contributed by atoms with Crippen LogP contribution in [0.3, 0.4) is 0 Å². The normalized spacial score (nSPS) is 24.4. The number of nitrogens with zero attached hydrogens (tertiary/aromatic N) is 4. The second-order valence-corrected chi connectivity index (χ2v) is 9.37. The SMILES string of the molecule is COC(=O)CN1CC(CO)N(CC(=O)OC)CC(CO)N(CC(=O)OC)CC(CO)N(CC(=O)OC)CC1CO. The van der Waals surface area contributed by atoms with Crippen LogP contribution in [0.4, 0.5) is 0 Å². The van der Waals surface area contributed by atoms with E-state index in [1.807, 2.05) is 0 Å². The molecule has 16 nitrogen and oxygen atoms in total. The highest BCUT2D eigenvalue weighted by atomic mass is 16.5. The molecule has 0 radical (unpaired) electrons. The summed E-state index contributed by atoms with van der Waals surface area (Å²) in [6.45, 7) is -3.26. The Morgan fingerprint density at radius 2 is 0.650 bits per heavy atom. The molecule has 1 aliphatic heterocycles. The van der Waals surface area contributed by atoms with E-state index in [9.17, 15) is 39.6 Å². The van der Waals surface area contributed by atoms with Crippen LogP contribution >= 0.6 is 0 Å². The molecule has 0 aromatic heterocycles. The largest absolute Gasteiger partial charge is 0.468 e. The van der Waals surface area contributed by atoms with Crippen LogP contribution in [0.2, 0.25) is 0 Å². The third kappa shape index (κ3) is 11.2. The molecular formula is C24H44N4O12. The van der Waals surface area contributed by atoms with E-state index in [1.54, 1.807) is 19.6 Å². The monoisotopic (exact) mass is 580 g/mol. The van der Waals surface area contributed by atoms with E-state index in [-0.39, 0.29) is 52.4 Å². The fraction of sp³-hybridized carbons (Fsp3) is 0.833. The van der Waals surface area contributed by atoms with Crippen LogP contribution in [-0.2, 0) is 38.1 Å². The maximum atomic E-state index is 12.3. The zero-order valence-electron chi connectivity index (χ0n) is 23.6. The Balaban J connectivity index is 3.71. The average molecular weight is 581 g/mol. The van der Waals surface area contributed by atoms with Crippen molar-refractivity contribution in [2.45, 2.75) is 24.2 Å². The maximum absolute atomic E-state index is 12.3. The quantitative estimate of drug-likeness (QED) is 0.127. The van der Waals surface area contributed by atoms with Crippen LogP contribution in [-0.4, -0.2) is 195 Å². The lowest BCUT2D eigenvalue weighted by Gasteiger charge is -2.44. The van der Waals surface area contributed by atoms with E-state index < -0.39 is 74.5 Å². The summed E-state index contributed by atoms with van der Waals surface area (Å²) in [5.41, 5.74) is 0. The number of aliphatic hydroxyl groups is 4. The summed E-state index contributed by atoms with van der Waals surface area (Å²) in [5.74, 6) is -2.51. The zero-order valence-corrected chi connectivity index (χ0v) is 23.6. The Kier molecular flexibility index (Phi) is 16.7. The number of ether oxygens (including phenoxy) is 4. The Bertz CT molecular complexity index is 676. The second-order valence-electron chi connectivity index (χ2n) is 9.37. The summed E-state index contributed by atoms with van der Waals surface area (Å²) in [7, 11) is 4.81. The number of rotatable bonds is 12. The molecule has 1 rings (SSSR count). The van der Waals surface area contributed by atoms with Gasteiger partial charge < -0.3 is 39.4 Å². The van der Waals surface area contributed by atoms with Crippen molar-refractivity contribution < 1.29 is 58.6 Å². The van der Waals surface area contributed by atoms with E-state index in [1.165, 1.54) is 28.4 Å². The molecule has 4 atom stereocenters. The van der Waals surface area contributed by atoms with Crippen LogP contribution < -0.4 is 0 Å². The van der Waals surface area contributed by atoms with E-state index in [4.69, 9.17) is 18.9 Å². The highest BCUT2D eigenvalue weighted by Gasteiger charge is 2.36. The molecule has 1 saturated heterocycles. The third-order valence-electron chi connectivity index (χ3n) is 6.93. The molecule has 1 fully saturated rings. The molecule has 1 heterocycles. The Labute approximate surface area is 233 Å². The van der Waals surface area contributed by atoms with Gasteiger partial charge >= 0.3 is 23.9 Å². The van der Waals surface area contributed by atoms with Gasteiger partial charge in [0, 0.05) is 50.3 Å². The first-order valence-electron chi connectivity index (χ1n) is 12.8. The highest BCUT2D eigenvalue weighted by Crippen LogP contribution is 2.16. The summed E-state index contributed by atoms with van der Waals surface area (Å²) in [4.78, 5) is 55.4. The first-order chi connectivity index (χ1) is 19.1. The van der Waals surface area contributed by atoms with Gasteiger partial charge in [-0.1, -0.05) is 0 Å². The zero-order chi connectivity index (χ0) is 30.2. The van der Waals surface area contributed by atoms with Crippen molar-refractivity contribution in [2.24, 2.45) is 0 Å². The van der Waals surface area contributed by atoms with Gasteiger partial charge in [-0.15, -0.1) is 0 Å². The molecule has 0 spiro atoms. The molecule has 16 heteroatoms. The van der Waals surface area contributed by atoms with Gasteiger partial charge in [0.05, 0.1) is 81.0 Å². The van der Waals surface area contributed by atoms with E-state index >= 15 is 0 Å². The molecule has 0 bridgehead atoms. The number of esters is 4. The van der Waals surface area contributed by atoms with Gasteiger partial charge in [0.15, 0.2) is 0 Å². The van der Waals surface area contributed by atoms with Crippen LogP contribution in [0, 0.1) is 0 Å². The van der Waals surface area contributed by atoms with Crippen molar-refractivity contribution in [3.05, 3.63) is 0 Å². The molecule has 1 aliphatic rings. The van der Waals surface area contributed by atoms with Crippen molar-refractivity contribution >= 4 is 23.9 Å². The summed E-state index contributed by atoms with van der Waals surface area (Å²) in [6, 6.07) is -3.19. The Morgan fingerprint density at radius 1 is 0.475 bits per heavy atom. The molecule has 0 amide bonds. The summed E-state index contributed by atoms with van der Waals surface area (Å²) < 4.78 is 19.3. The predicted octanol–water partition coefficient (Wildman–Crippen LogP) is -4.66. The van der Waals surface area contributed by atoms with Crippen molar-refractivity contribution in [2.75, 3.05) is 107 Å². The topological polar surface area (TPSA) is 199 Å². The number of hydrogen-bond donors (Lipinski definition) is 4. The van der Waals surface area contributed by atoms with Crippen molar-refractivity contribution in [1.82, 2.24) is 19.6 Å². The lowest BCUT2D eigenvalue weighted by molar-refractivity contribution is -0.148. The molecule has 4 N–H and O–H groups in total. The predicted molar refractivity (Wildman–Crippen MR) is 138 cm³/mol. The molecule has 0 aliphatic carbocycles. The molecule has 0 aromatic rings. The molecule has 40 heavy (non-hydrogen) atoms. The first-order valence-corrected chi connectivity index (χ1v) is 12.8. The average Bonchev–Trinajstić information content (AvgIpc) is 2.96. The lowest BCUT2D eigenvalue weighted by atomic mass is 10.1. The maximum Gasteiger partial charge on any atom is 0.319 e. The smallest absolute Gasteiger partial charge is 0.319 e. The van der Waals surface area contributed by atoms with Crippen LogP contribution in [0.5, 0.6) is 0 Å². The molecular weight excluding hydrogens is 536 g/mol. The fourth-order valence-corrected chi connectivity index (χ4v) is 4.53. The fourth-order valence-electron chi connectivity index (χ4n) is 4.53. The Hall–Kier alpha value is -2.44. The van der Waals surface area contributed by atoms with Crippen molar-refractivity contribution in [3.8, 4) is 0 Å². The number of carbonyl (C=O) groups excluding carboxylic acids is 4. The van der Waals surface area contributed by atoms with E-state index in [0.29, 0.717) is 0 Å². The minimum absolute atomic E-state index is 0.0428. The van der Waals surface area contributed by atoms with Gasteiger partial charge in [-0.3, -0.25) is 38.8 Å². The molecule has 0 aromatic carbocycles. The van der Waals surface area contributed by atoms with Crippen LogP contribution in [0.25, 0.3) is 0 Å². The van der Waals surface area contributed by atoms with Crippen LogP contribution in [0.15, 0.2) is 0 Å². The van der Waals surface area contributed by atoms with Gasteiger partial charge in [0.25, 0.3) is 0 Å². The second kappa shape index (κ2) is 18.8. The number of carbonyl (C=O) groups is 4. The van der Waals surface area contributed by atoms with Crippen molar-refractivity contribution in [1.29, 1.82) is 0 Å². The number of methoxy groups -OCH3 is 4. The Morgan fingerprint density at radius 3 is 0.775 bits per heavy atom. The van der Waals surface area contributed by atoms with Gasteiger partial charge in [-0.25, -0.2) is 0 Å². The summed E-state index contributed by atoms with van der Waals surface area (Å²) in [6.07, 6.45) is 0. The number of hydrogen-bond acceptors (Lipinski definition) is 16. The molecule has 0 saturated carbocycles. The lowest BCUT2D eigenvalue weighted by Crippen LogP contribution is -2.62. The molecule has 232 valence electrons. The van der Waals surface area contributed by atoms with Crippen LogP contribution in [0.1, 0.15) is 0 Å². The number of aliphatic hydroxyl groups excluding tert-OH is 4. The molecule has 4 unspecified atom stereocenters. The standard InChI is InChI=1S/C24H44N4O12/c1-37-21(33)9-25-5-18(14-30)27(11-23(35)39-3)7-20(16-32)28(12-24(36)40-4)8-19(15-31)26(6-17(25)13-29)10-22(34)38-2/h17-20,29-32H,5-16H2,1-4H3. The van der Waals surface area contributed by atoms with E-state index in [2.05, 4.69) is 0 Å². The first kappa shape index (κ1) is 35.6. The summed E-state index contributed by atoms with van der Waals surface area (Å²) in [5, 5.41) is 41.4.